The first-order valence-corrected chi connectivity index (χ1v) is 9.08. The second kappa shape index (κ2) is 8.78. The van der Waals surface area contributed by atoms with E-state index in [1.807, 2.05) is 20.8 Å². The van der Waals surface area contributed by atoms with E-state index in [-0.39, 0.29) is 18.7 Å². The average Bonchev–Trinajstić information content (AvgIpc) is 2.57. The van der Waals surface area contributed by atoms with Gasteiger partial charge in [-0.1, -0.05) is 11.6 Å². The van der Waals surface area contributed by atoms with Crippen LogP contribution >= 0.6 is 11.6 Å². The second-order valence-corrected chi connectivity index (χ2v) is 7.98. The molecule has 0 radical (unpaired) electrons. The maximum atomic E-state index is 13.4. The minimum absolute atomic E-state index is 0.0990. The third kappa shape index (κ3) is 6.27. The summed E-state index contributed by atoms with van der Waals surface area (Å²) in [7, 11) is 0. The number of carbonyl (C=O) groups is 1. The number of hydrogen-bond donors (Lipinski definition) is 3. The van der Waals surface area contributed by atoms with Crippen LogP contribution in [0.4, 0.5) is 4.39 Å². The maximum absolute atomic E-state index is 13.4. The first-order valence-electron chi connectivity index (χ1n) is 8.71. The van der Waals surface area contributed by atoms with Crippen molar-refractivity contribution in [3.05, 3.63) is 64.2 Å². The van der Waals surface area contributed by atoms with Gasteiger partial charge in [0.2, 0.25) is 0 Å². The van der Waals surface area contributed by atoms with Crippen molar-refractivity contribution in [3.63, 3.8) is 0 Å². The molecule has 2 atom stereocenters. The van der Waals surface area contributed by atoms with Gasteiger partial charge in [-0.15, -0.1) is 0 Å². The Balaban J connectivity index is 2.12. The number of nitrogens with one attached hydrogen (secondary N) is 1. The van der Waals surface area contributed by atoms with Crippen molar-refractivity contribution in [2.45, 2.75) is 51.3 Å². The second-order valence-electron chi connectivity index (χ2n) is 7.58. The van der Waals surface area contributed by atoms with E-state index >= 15 is 0 Å². The first kappa shape index (κ1) is 21.3. The first-order chi connectivity index (χ1) is 12.6. The number of nitrogens with two attached hydrogens (primary N) is 1. The number of aliphatic hydroxyl groups excluding tert-OH is 1. The molecule has 0 aliphatic heterocycles. The van der Waals surface area contributed by atoms with E-state index in [9.17, 15) is 14.3 Å². The highest BCUT2D eigenvalue weighted by Crippen LogP contribution is 2.20. The Morgan fingerprint density at radius 1 is 1.33 bits per heavy atom. The Hall–Kier alpha value is -2.02. The van der Waals surface area contributed by atoms with Crippen molar-refractivity contribution in [1.29, 1.82) is 0 Å². The van der Waals surface area contributed by atoms with Crippen LogP contribution in [0, 0.1) is 5.82 Å². The minimum atomic E-state index is -0.972. The van der Waals surface area contributed by atoms with Gasteiger partial charge in [0.05, 0.1) is 17.4 Å². The molecule has 0 aliphatic carbocycles. The predicted octanol–water partition coefficient (Wildman–Crippen LogP) is 2.88. The van der Waals surface area contributed by atoms with Gasteiger partial charge in [0.25, 0.3) is 5.91 Å². The number of rotatable bonds is 6. The van der Waals surface area contributed by atoms with Crippen LogP contribution in [0.25, 0.3) is 0 Å². The number of nitrogens with zero attached hydrogens (tertiary/aromatic N) is 1. The summed E-state index contributed by atoms with van der Waals surface area (Å²) < 4.78 is 13.4. The molecule has 27 heavy (non-hydrogen) atoms. The van der Waals surface area contributed by atoms with E-state index in [0.29, 0.717) is 21.8 Å². The standard InChI is InChI=1S/C20H25ClFN3O2/c1-20(2,3)25-19(27)14-5-4-8-24-17(14)11-18(26)16(23)10-12-9-13(22)6-7-15(12)21/h4-9,16,18,26H,10-11,23H2,1-3H3,(H,25,27). The molecule has 0 bridgehead atoms. The molecule has 1 aromatic heterocycles. The molecule has 0 aliphatic rings. The smallest absolute Gasteiger partial charge is 0.253 e. The van der Waals surface area contributed by atoms with E-state index in [1.165, 1.54) is 18.2 Å². The topological polar surface area (TPSA) is 88.2 Å². The molecule has 0 saturated carbocycles. The van der Waals surface area contributed by atoms with Crippen LogP contribution in [0.2, 0.25) is 5.02 Å². The number of carbonyl (C=O) groups excluding carboxylic acids is 1. The minimum Gasteiger partial charge on any atom is -0.391 e. The number of aliphatic hydroxyl groups is 1. The van der Waals surface area contributed by atoms with Crippen LogP contribution in [0.5, 0.6) is 0 Å². The molecular weight excluding hydrogens is 369 g/mol. The van der Waals surface area contributed by atoms with Gasteiger partial charge in [0, 0.05) is 29.2 Å². The molecular formula is C20H25ClFN3O2. The van der Waals surface area contributed by atoms with E-state index in [4.69, 9.17) is 17.3 Å². The Labute approximate surface area is 163 Å². The van der Waals surface area contributed by atoms with Gasteiger partial charge in [-0.05, 0) is 63.1 Å². The van der Waals surface area contributed by atoms with E-state index in [2.05, 4.69) is 10.3 Å². The Bertz CT molecular complexity index is 808. The molecule has 2 rings (SSSR count). The summed E-state index contributed by atoms with van der Waals surface area (Å²) in [6.45, 7) is 5.65. The van der Waals surface area contributed by atoms with Crippen molar-refractivity contribution in [2.75, 3.05) is 0 Å². The fourth-order valence-corrected chi connectivity index (χ4v) is 2.85. The lowest BCUT2D eigenvalue weighted by Gasteiger charge is -2.23. The monoisotopic (exact) mass is 393 g/mol. The van der Waals surface area contributed by atoms with Crippen LogP contribution in [-0.2, 0) is 12.8 Å². The SMILES string of the molecule is CC(C)(C)NC(=O)c1cccnc1CC(O)C(N)Cc1cc(F)ccc1Cl. The summed E-state index contributed by atoms with van der Waals surface area (Å²) in [6, 6.07) is 6.66. The summed E-state index contributed by atoms with van der Waals surface area (Å²) >= 11 is 6.06. The number of pyridine rings is 1. The molecule has 4 N–H and O–H groups in total. The fraction of sp³-hybridized carbons (Fsp3) is 0.400. The molecule has 0 saturated heterocycles. The lowest BCUT2D eigenvalue weighted by atomic mass is 9.97. The van der Waals surface area contributed by atoms with Crippen LogP contribution in [0.15, 0.2) is 36.5 Å². The van der Waals surface area contributed by atoms with Crippen LogP contribution in [0.3, 0.4) is 0 Å². The third-order valence-corrected chi connectivity index (χ3v) is 4.35. The highest BCUT2D eigenvalue weighted by molar-refractivity contribution is 6.31. The summed E-state index contributed by atoms with van der Waals surface area (Å²) in [5.74, 6) is -0.679. The summed E-state index contributed by atoms with van der Waals surface area (Å²) in [6.07, 6.45) is 0.890. The maximum Gasteiger partial charge on any atom is 0.253 e. The van der Waals surface area contributed by atoms with E-state index in [0.717, 1.165) is 0 Å². The number of amides is 1. The average molecular weight is 394 g/mol. The summed E-state index contributed by atoms with van der Waals surface area (Å²) in [5, 5.41) is 13.8. The molecule has 1 heterocycles. The van der Waals surface area contributed by atoms with Gasteiger partial charge >= 0.3 is 0 Å². The van der Waals surface area contributed by atoms with E-state index in [1.54, 1.807) is 18.3 Å². The zero-order valence-corrected chi connectivity index (χ0v) is 16.4. The zero-order chi connectivity index (χ0) is 20.2. The van der Waals surface area contributed by atoms with Crippen LogP contribution < -0.4 is 11.1 Å². The molecule has 1 amide bonds. The molecule has 5 nitrogen and oxygen atoms in total. The van der Waals surface area contributed by atoms with Crippen LogP contribution in [0.1, 0.15) is 42.4 Å². The highest BCUT2D eigenvalue weighted by Gasteiger charge is 2.23. The summed E-state index contributed by atoms with van der Waals surface area (Å²) in [5.41, 5.74) is 7.05. The van der Waals surface area contributed by atoms with Gasteiger partial charge in [-0.25, -0.2) is 4.39 Å². The predicted molar refractivity (Wildman–Crippen MR) is 104 cm³/mol. The molecule has 146 valence electrons. The third-order valence-electron chi connectivity index (χ3n) is 3.98. The Morgan fingerprint density at radius 2 is 2.04 bits per heavy atom. The van der Waals surface area contributed by atoms with Gasteiger partial charge in [0.1, 0.15) is 5.82 Å². The lowest BCUT2D eigenvalue weighted by Crippen LogP contribution is -2.42. The normalized spacial score (nSPS) is 13.9. The van der Waals surface area contributed by atoms with Gasteiger partial charge in [-0.2, -0.15) is 0 Å². The Morgan fingerprint density at radius 3 is 2.70 bits per heavy atom. The number of aromatic nitrogens is 1. The molecule has 7 heteroatoms. The molecule has 2 unspecified atom stereocenters. The van der Waals surface area contributed by atoms with E-state index < -0.39 is 23.5 Å². The van der Waals surface area contributed by atoms with Gasteiger partial charge in [0.15, 0.2) is 0 Å². The van der Waals surface area contributed by atoms with Crippen molar-refractivity contribution in [3.8, 4) is 0 Å². The van der Waals surface area contributed by atoms with Crippen LogP contribution in [-0.4, -0.2) is 33.7 Å². The number of hydrogen-bond acceptors (Lipinski definition) is 4. The van der Waals surface area contributed by atoms with Crippen molar-refractivity contribution in [1.82, 2.24) is 10.3 Å². The van der Waals surface area contributed by atoms with Crippen molar-refractivity contribution < 1.29 is 14.3 Å². The molecule has 0 fully saturated rings. The summed E-state index contributed by atoms with van der Waals surface area (Å²) in [4.78, 5) is 16.7. The molecule has 0 spiro atoms. The van der Waals surface area contributed by atoms with Crippen molar-refractivity contribution in [2.24, 2.45) is 5.73 Å². The number of halogens is 2. The van der Waals surface area contributed by atoms with Gasteiger partial charge in [-0.3, -0.25) is 9.78 Å². The lowest BCUT2D eigenvalue weighted by molar-refractivity contribution is 0.0916. The molecule has 1 aromatic carbocycles. The highest BCUT2D eigenvalue weighted by atomic mass is 35.5. The largest absolute Gasteiger partial charge is 0.391 e. The van der Waals surface area contributed by atoms with Gasteiger partial charge < -0.3 is 16.2 Å². The Kier molecular flexibility index (Phi) is 6.92. The molecule has 2 aromatic rings. The number of benzene rings is 1. The quantitative estimate of drug-likeness (QED) is 0.704. The zero-order valence-electron chi connectivity index (χ0n) is 15.7. The fourth-order valence-electron chi connectivity index (χ4n) is 2.65. The van der Waals surface area contributed by atoms with Crippen molar-refractivity contribution >= 4 is 17.5 Å².